The number of aryl methyl sites for hydroxylation is 1. The molecule has 0 bridgehead atoms. The molecule has 0 atom stereocenters. The number of aromatic nitrogens is 2. The summed E-state index contributed by atoms with van der Waals surface area (Å²) in [6.07, 6.45) is 7.18. The Morgan fingerprint density at radius 2 is 1.96 bits per heavy atom. The standard InChI is InChI=1S/C18H24N4O3/c1-21-13-20-17(22(23)24)16(21)19-12-18(10-4-3-5-11-18)14-6-8-15(25-2)9-7-14/h6-9,13,19H,3-5,10-12H2,1-2H3. The van der Waals surface area contributed by atoms with E-state index in [9.17, 15) is 10.1 Å². The van der Waals surface area contributed by atoms with E-state index in [0.717, 1.165) is 18.6 Å². The largest absolute Gasteiger partial charge is 0.497 e. The predicted molar refractivity (Wildman–Crippen MR) is 96.1 cm³/mol. The van der Waals surface area contributed by atoms with E-state index in [4.69, 9.17) is 4.74 Å². The maximum absolute atomic E-state index is 11.2. The minimum Gasteiger partial charge on any atom is -0.497 e. The van der Waals surface area contributed by atoms with E-state index in [1.54, 1.807) is 18.7 Å². The maximum Gasteiger partial charge on any atom is 0.406 e. The molecule has 0 aliphatic heterocycles. The number of anilines is 1. The molecule has 134 valence electrons. The number of hydrogen-bond acceptors (Lipinski definition) is 5. The second kappa shape index (κ2) is 7.13. The molecule has 1 aromatic carbocycles. The second-order valence-electron chi connectivity index (χ2n) is 6.71. The monoisotopic (exact) mass is 344 g/mol. The fourth-order valence-corrected chi connectivity index (χ4v) is 3.75. The van der Waals surface area contributed by atoms with Gasteiger partial charge in [-0.3, -0.25) is 4.57 Å². The number of benzene rings is 1. The van der Waals surface area contributed by atoms with Gasteiger partial charge in [-0.15, -0.1) is 0 Å². The average molecular weight is 344 g/mol. The van der Waals surface area contributed by atoms with Crippen LogP contribution in [0.15, 0.2) is 30.6 Å². The first-order valence-corrected chi connectivity index (χ1v) is 8.60. The molecule has 1 N–H and O–H groups in total. The molecule has 0 unspecified atom stereocenters. The van der Waals surface area contributed by atoms with E-state index in [1.807, 2.05) is 12.1 Å². The third-order valence-corrected chi connectivity index (χ3v) is 5.20. The first-order chi connectivity index (χ1) is 12.1. The minimum absolute atomic E-state index is 0.0251. The molecule has 25 heavy (non-hydrogen) atoms. The third-order valence-electron chi connectivity index (χ3n) is 5.20. The molecule has 2 aromatic rings. The molecule has 3 rings (SSSR count). The number of imidazole rings is 1. The van der Waals surface area contributed by atoms with Gasteiger partial charge in [-0.2, -0.15) is 0 Å². The molecule has 1 heterocycles. The Kier molecular flexibility index (Phi) is 4.92. The zero-order chi connectivity index (χ0) is 17.9. The van der Waals surface area contributed by atoms with Crippen LogP contribution in [0.2, 0.25) is 0 Å². The highest BCUT2D eigenvalue weighted by Gasteiger charge is 2.35. The van der Waals surface area contributed by atoms with Crippen molar-refractivity contribution in [3.05, 3.63) is 46.3 Å². The van der Waals surface area contributed by atoms with Gasteiger partial charge in [-0.1, -0.05) is 31.4 Å². The molecule has 1 aromatic heterocycles. The Morgan fingerprint density at radius 3 is 2.56 bits per heavy atom. The molecule has 1 saturated carbocycles. The average Bonchev–Trinajstić information content (AvgIpc) is 3.02. The second-order valence-corrected chi connectivity index (χ2v) is 6.71. The Balaban J connectivity index is 1.86. The van der Waals surface area contributed by atoms with Crippen LogP contribution in [0.25, 0.3) is 0 Å². The summed E-state index contributed by atoms with van der Waals surface area (Å²) in [6.45, 7) is 0.652. The number of nitrogens with zero attached hydrogens (tertiary/aromatic N) is 3. The van der Waals surface area contributed by atoms with Gasteiger partial charge in [0.05, 0.1) is 7.11 Å². The maximum atomic E-state index is 11.2. The topological polar surface area (TPSA) is 82.2 Å². The lowest BCUT2D eigenvalue weighted by Crippen LogP contribution is -2.37. The van der Waals surface area contributed by atoms with Crippen LogP contribution in [0.4, 0.5) is 11.6 Å². The van der Waals surface area contributed by atoms with Crippen LogP contribution >= 0.6 is 0 Å². The number of methoxy groups -OCH3 is 1. The molecular weight excluding hydrogens is 320 g/mol. The van der Waals surface area contributed by atoms with Crippen molar-refractivity contribution in [3.8, 4) is 5.75 Å². The van der Waals surface area contributed by atoms with Crippen molar-refractivity contribution in [2.24, 2.45) is 7.05 Å². The fourth-order valence-electron chi connectivity index (χ4n) is 3.75. The first kappa shape index (κ1) is 17.3. The molecule has 1 aliphatic rings. The molecule has 0 amide bonds. The summed E-state index contributed by atoms with van der Waals surface area (Å²) >= 11 is 0. The van der Waals surface area contributed by atoms with Crippen molar-refractivity contribution in [2.45, 2.75) is 37.5 Å². The predicted octanol–water partition coefficient (Wildman–Crippen LogP) is 3.65. The van der Waals surface area contributed by atoms with Gasteiger partial charge in [-0.05, 0) is 40.4 Å². The SMILES string of the molecule is COc1ccc(C2(CNc3c([N+](=O)[O-])ncn3C)CCCCC2)cc1. The van der Waals surface area contributed by atoms with E-state index >= 15 is 0 Å². The molecule has 1 fully saturated rings. The van der Waals surface area contributed by atoms with Crippen molar-refractivity contribution in [1.29, 1.82) is 0 Å². The molecule has 1 aliphatic carbocycles. The molecule has 7 heteroatoms. The summed E-state index contributed by atoms with van der Waals surface area (Å²) in [7, 11) is 3.43. The van der Waals surface area contributed by atoms with E-state index in [2.05, 4.69) is 22.4 Å². The Morgan fingerprint density at radius 1 is 1.28 bits per heavy atom. The van der Waals surface area contributed by atoms with Crippen LogP contribution < -0.4 is 10.1 Å². The van der Waals surface area contributed by atoms with Crippen LogP contribution in [0.3, 0.4) is 0 Å². The highest BCUT2D eigenvalue weighted by atomic mass is 16.6. The van der Waals surface area contributed by atoms with Crippen molar-refractivity contribution in [3.63, 3.8) is 0 Å². The van der Waals surface area contributed by atoms with Gasteiger partial charge < -0.3 is 20.2 Å². The first-order valence-electron chi connectivity index (χ1n) is 8.60. The molecule has 0 saturated heterocycles. The summed E-state index contributed by atoms with van der Waals surface area (Å²) in [5, 5.41) is 14.5. The van der Waals surface area contributed by atoms with Gasteiger partial charge >= 0.3 is 5.82 Å². The Hall–Kier alpha value is -2.57. The highest BCUT2D eigenvalue weighted by molar-refractivity contribution is 5.52. The summed E-state index contributed by atoms with van der Waals surface area (Å²) in [6, 6.07) is 8.20. The van der Waals surface area contributed by atoms with Gasteiger partial charge in [0.1, 0.15) is 5.75 Å². The van der Waals surface area contributed by atoms with Crippen LogP contribution in [0.1, 0.15) is 37.7 Å². The van der Waals surface area contributed by atoms with Gasteiger partial charge in [0, 0.05) is 19.0 Å². The summed E-state index contributed by atoms with van der Waals surface area (Å²) in [4.78, 5) is 14.6. The molecular formula is C18H24N4O3. The highest BCUT2D eigenvalue weighted by Crippen LogP contribution is 2.40. The summed E-state index contributed by atoms with van der Waals surface area (Å²) in [5.74, 6) is 1.18. The van der Waals surface area contributed by atoms with E-state index in [1.165, 1.54) is 31.2 Å². The molecule has 7 nitrogen and oxygen atoms in total. The Bertz CT molecular complexity index is 733. The number of nitrogens with one attached hydrogen (secondary N) is 1. The fraction of sp³-hybridized carbons (Fsp3) is 0.500. The number of hydrogen-bond donors (Lipinski definition) is 1. The normalized spacial score (nSPS) is 16.4. The number of rotatable bonds is 6. The smallest absolute Gasteiger partial charge is 0.406 e. The van der Waals surface area contributed by atoms with Crippen LogP contribution in [-0.2, 0) is 12.5 Å². The third kappa shape index (κ3) is 3.45. The van der Waals surface area contributed by atoms with Gasteiger partial charge in [0.15, 0.2) is 0 Å². The number of nitro groups is 1. The lowest BCUT2D eigenvalue weighted by atomic mass is 9.69. The molecule has 0 spiro atoms. The van der Waals surface area contributed by atoms with Crippen molar-refractivity contribution < 1.29 is 9.66 Å². The van der Waals surface area contributed by atoms with Crippen molar-refractivity contribution in [1.82, 2.24) is 9.55 Å². The van der Waals surface area contributed by atoms with Crippen LogP contribution in [-0.4, -0.2) is 28.1 Å². The van der Waals surface area contributed by atoms with Crippen LogP contribution in [0, 0.1) is 10.1 Å². The number of ether oxygens (including phenoxy) is 1. The Labute approximate surface area is 147 Å². The van der Waals surface area contributed by atoms with E-state index < -0.39 is 4.92 Å². The van der Waals surface area contributed by atoms with Gasteiger partial charge in [0.2, 0.25) is 12.1 Å². The zero-order valence-electron chi connectivity index (χ0n) is 14.7. The quantitative estimate of drug-likeness (QED) is 0.639. The van der Waals surface area contributed by atoms with Crippen molar-refractivity contribution >= 4 is 11.6 Å². The minimum atomic E-state index is -0.441. The molecule has 0 radical (unpaired) electrons. The van der Waals surface area contributed by atoms with E-state index in [-0.39, 0.29) is 11.2 Å². The van der Waals surface area contributed by atoms with Gasteiger partial charge in [0.25, 0.3) is 0 Å². The van der Waals surface area contributed by atoms with Crippen molar-refractivity contribution in [2.75, 3.05) is 19.0 Å². The van der Waals surface area contributed by atoms with E-state index in [0.29, 0.717) is 12.4 Å². The van der Waals surface area contributed by atoms with Gasteiger partial charge in [-0.25, -0.2) is 0 Å². The lowest BCUT2D eigenvalue weighted by Gasteiger charge is -2.38. The van der Waals surface area contributed by atoms with Crippen LogP contribution in [0.5, 0.6) is 5.75 Å². The summed E-state index contributed by atoms with van der Waals surface area (Å²) in [5.41, 5.74) is 1.23. The summed E-state index contributed by atoms with van der Waals surface area (Å²) < 4.78 is 6.93. The zero-order valence-corrected chi connectivity index (χ0v) is 14.7. The lowest BCUT2D eigenvalue weighted by molar-refractivity contribution is -0.388.